The molecule has 0 aliphatic heterocycles. The van der Waals surface area contributed by atoms with E-state index in [1.54, 1.807) is 25.5 Å². The molecule has 0 aliphatic carbocycles. The Labute approximate surface area is 87.2 Å². The molecule has 0 radical (unpaired) electrons. The fourth-order valence-corrected chi connectivity index (χ4v) is 1.43. The second-order valence-corrected chi connectivity index (χ2v) is 3.30. The fourth-order valence-electron chi connectivity index (χ4n) is 1.43. The number of aromatic nitrogens is 3. The number of likely N-dealkylation sites (N-methyl/N-ethyl adjacent to an activating group) is 1. The van der Waals surface area contributed by atoms with Crippen molar-refractivity contribution in [1.82, 2.24) is 19.7 Å². The van der Waals surface area contributed by atoms with Crippen LogP contribution in [0.5, 0.6) is 0 Å². The average molecular weight is 204 g/mol. The minimum absolute atomic E-state index is 0.0133. The molecule has 2 aromatic rings. The van der Waals surface area contributed by atoms with Crippen LogP contribution in [0.1, 0.15) is 16.3 Å². The quantitative estimate of drug-likeness (QED) is 0.737. The van der Waals surface area contributed by atoms with Gasteiger partial charge in [0.15, 0.2) is 5.78 Å². The van der Waals surface area contributed by atoms with Crippen molar-refractivity contribution in [3.8, 4) is 0 Å². The lowest BCUT2D eigenvalue weighted by molar-refractivity contribution is 0.0989. The second-order valence-electron chi connectivity index (χ2n) is 3.30. The molecule has 0 unspecified atom stereocenters. The third-order valence-electron chi connectivity index (χ3n) is 2.19. The predicted octanol–water partition coefficient (Wildman–Crippen LogP) is 0.440. The first kappa shape index (κ1) is 9.79. The van der Waals surface area contributed by atoms with Gasteiger partial charge in [-0.25, -0.2) is 9.97 Å². The van der Waals surface area contributed by atoms with Crippen molar-refractivity contribution in [1.29, 1.82) is 0 Å². The molecule has 0 aromatic carbocycles. The monoisotopic (exact) mass is 204 g/mol. The molecule has 0 saturated heterocycles. The first-order valence-corrected chi connectivity index (χ1v) is 4.71. The van der Waals surface area contributed by atoms with Crippen LogP contribution in [0, 0.1) is 6.92 Å². The Bertz CT molecular complexity index is 503. The van der Waals surface area contributed by atoms with Crippen molar-refractivity contribution in [2.45, 2.75) is 6.92 Å². The molecule has 1 N–H and O–H groups in total. The molecule has 0 fully saturated rings. The van der Waals surface area contributed by atoms with E-state index in [4.69, 9.17) is 0 Å². The highest BCUT2D eigenvalue weighted by atomic mass is 16.1. The highest BCUT2D eigenvalue weighted by molar-refractivity contribution is 5.96. The molecule has 0 bridgehead atoms. The maximum absolute atomic E-state index is 11.6. The van der Waals surface area contributed by atoms with E-state index < -0.39 is 0 Å². The van der Waals surface area contributed by atoms with Gasteiger partial charge in [0.25, 0.3) is 0 Å². The summed E-state index contributed by atoms with van der Waals surface area (Å²) >= 11 is 0. The maximum Gasteiger partial charge on any atom is 0.196 e. The SMILES string of the molecule is CNCC(=O)c1cn2c(C)nccc2n1. The first-order valence-electron chi connectivity index (χ1n) is 4.71. The number of Topliss-reactive ketones (excluding diaryl/α,β-unsaturated/α-hetero) is 1. The van der Waals surface area contributed by atoms with Gasteiger partial charge in [0.1, 0.15) is 17.2 Å². The van der Waals surface area contributed by atoms with E-state index in [9.17, 15) is 4.79 Å². The summed E-state index contributed by atoms with van der Waals surface area (Å²) < 4.78 is 1.81. The molecular formula is C10H12N4O. The number of fused-ring (bicyclic) bond motifs is 1. The molecule has 15 heavy (non-hydrogen) atoms. The minimum atomic E-state index is -0.0133. The Morgan fingerprint density at radius 1 is 1.60 bits per heavy atom. The number of hydrogen-bond donors (Lipinski definition) is 1. The van der Waals surface area contributed by atoms with Gasteiger partial charge in [-0.3, -0.25) is 9.20 Å². The number of rotatable bonds is 3. The van der Waals surface area contributed by atoms with Gasteiger partial charge in [0.05, 0.1) is 6.54 Å². The van der Waals surface area contributed by atoms with Crippen LogP contribution in [0.15, 0.2) is 18.5 Å². The zero-order chi connectivity index (χ0) is 10.8. The standard InChI is InChI=1S/C10H12N4O/c1-7-12-4-3-10-13-8(6-14(7)10)9(15)5-11-2/h3-4,6,11H,5H2,1-2H3. The molecule has 5 nitrogen and oxygen atoms in total. The lowest BCUT2D eigenvalue weighted by Crippen LogP contribution is -2.18. The van der Waals surface area contributed by atoms with E-state index in [1.165, 1.54) is 0 Å². The van der Waals surface area contributed by atoms with Gasteiger partial charge in [-0.1, -0.05) is 0 Å². The number of nitrogens with one attached hydrogen (secondary N) is 1. The number of hydrogen-bond acceptors (Lipinski definition) is 4. The first-order chi connectivity index (χ1) is 7.22. The normalized spacial score (nSPS) is 10.8. The van der Waals surface area contributed by atoms with Crippen LogP contribution in [0.25, 0.3) is 5.65 Å². The Balaban J connectivity index is 2.47. The van der Waals surface area contributed by atoms with Crippen LogP contribution in [0.4, 0.5) is 0 Å². The molecule has 2 aromatic heterocycles. The summed E-state index contributed by atoms with van der Waals surface area (Å²) in [6, 6.07) is 1.78. The molecule has 78 valence electrons. The maximum atomic E-state index is 11.6. The number of nitrogens with zero attached hydrogens (tertiary/aromatic N) is 3. The highest BCUT2D eigenvalue weighted by Crippen LogP contribution is 2.06. The van der Waals surface area contributed by atoms with E-state index in [0.29, 0.717) is 12.2 Å². The van der Waals surface area contributed by atoms with Gasteiger partial charge >= 0.3 is 0 Å². The number of imidazole rings is 1. The average Bonchev–Trinajstić information content (AvgIpc) is 2.63. The zero-order valence-corrected chi connectivity index (χ0v) is 8.69. The topological polar surface area (TPSA) is 59.3 Å². The zero-order valence-electron chi connectivity index (χ0n) is 8.69. The summed E-state index contributed by atoms with van der Waals surface area (Å²) in [7, 11) is 1.74. The van der Waals surface area contributed by atoms with E-state index in [1.807, 2.05) is 11.3 Å². The molecule has 0 amide bonds. The van der Waals surface area contributed by atoms with Gasteiger partial charge in [-0.05, 0) is 20.0 Å². The van der Waals surface area contributed by atoms with Crippen molar-refractivity contribution in [3.05, 3.63) is 30.0 Å². The number of carbonyl (C=O) groups excluding carboxylic acids is 1. The minimum Gasteiger partial charge on any atom is -0.313 e. The molecule has 0 aliphatic rings. The Morgan fingerprint density at radius 3 is 3.07 bits per heavy atom. The van der Waals surface area contributed by atoms with Crippen molar-refractivity contribution in [2.75, 3.05) is 13.6 Å². The van der Waals surface area contributed by atoms with E-state index in [0.717, 1.165) is 11.5 Å². The van der Waals surface area contributed by atoms with Crippen LogP contribution >= 0.6 is 0 Å². The van der Waals surface area contributed by atoms with E-state index in [-0.39, 0.29) is 5.78 Å². The van der Waals surface area contributed by atoms with Crippen LogP contribution in [0.2, 0.25) is 0 Å². The summed E-state index contributed by atoms with van der Waals surface area (Å²) in [5.41, 5.74) is 1.22. The Hall–Kier alpha value is -1.75. The van der Waals surface area contributed by atoms with Gasteiger partial charge in [-0.2, -0.15) is 0 Å². The molecule has 2 rings (SSSR count). The molecular weight excluding hydrogens is 192 g/mol. The molecule has 0 atom stereocenters. The van der Waals surface area contributed by atoms with Crippen LogP contribution < -0.4 is 5.32 Å². The molecule has 5 heteroatoms. The van der Waals surface area contributed by atoms with Crippen molar-refractivity contribution >= 4 is 11.4 Å². The van der Waals surface area contributed by atoms with Crippen molar-refractivity contribution < 1.29 is 4.79 Å². The van der Waals surface area contributed by atoms with Crippen LogP contribution in [-0.4, -0.2) is 33.7 Å². The van der Waals surface area contributed by atoms with Crippen molar-refractivity contribution in [2.24, 2.45) is 0 Å². The smallest absolute Gasteiger partial charge is 0.196 e. The fraction of sp³-hybridized carbons (Fsp3) is 0.300. The third-order valence-corrected chi connectivity index (χ3v) is 2.19. The summed E-state index contributed by atoms with van der Waals surface area (Å²) in [5, 5.41) is 2.81. The van der Waals surface area contributed by atoms with Crippen LogP contribution in [-0.2, 0) is 0 Å². The summed E-state index contributed by atoms with van der Waals surface area (Å²) in [5.74, 6) is 0.809. The van der Waals surface area contributed by atoms with Gasteiger partial charge in [-0.15, -0.1) is 0 Å². The molecule has 2 heterocycles. The Kier molecular flexibility index (Phi) is 2.47. The van der Waals surface area contributed by atoms with Gasteiger partial charge in [0, 0.05) is 12.4 Å². The van der Waals surface area contributed by atoms with E-state index >= 15 is 0 Å². The van der Waals surface area contributed by atoms with Gasteiger partial charge in [0.2, 0.25) is 0 Å². The lowest BCUT2D eigenvalue weighted by atomic mass is 10.3. The number of carbonyl (C=O) groups is 1. The highest BCUT2D eigenvalue weighted by Gasteiger charge is 2.10. The molecule has 0 spiro atoms. The summed E-state index contributed by atoms with van der Waals surface area (Å²) in [6.07, 6.45) is 3.40. The second kappa shape index (κ2) is 3.78. The van der Waals surface area contributed by atoms with Crippen LogP contribution in [0.3, 0.4) is 0 Å². The predicted molar refractivity (Wildman–Crippen MR) is 56.0 cm³/mol. The summed E-state index contributed by atoms with van der Waals surface area (Å²) in [4.78, 5) is 19.9. The molecule has 0 saturated carbocycles. The third kappa shape index (κ3) is 1.73. The summed E-state index contributed by atoms with van der Waals surface area (Å²) in [6.45, 7) is 2.18. The van der Waals surface area contributed by atoms with Gasteiger partial charge < -0.3 is 5.32 Å². The van der Waals surface area contributed by atoms with E-state index in [2.05, 4.69) is 15.3 Å². The van der Waals surface area contributed by atoms with Crippen molar-refractivity contribution in [3.63, 3.8) is 0 Å². The number of ketones is 1. The number of aryl methyl sites for hydroxylation is 1. The Morgan fingerprint density at radius 2 is 2.40 bits per heavy atom. The lowest BCUT2D eigenvalue weighted by Gasteiger charge is -1.94. The largest absolute Gasteiger partial charge is 0.313 e.